The molecule has 51 heavy (non-hydrogen) atoms. The van der Waals surface area contributed by atoms with E-state index in [1.807, 2.05) is 19.1 Å². The molecule has 280 valence electrons. The number of aliphatic imine (C=N–C) groups is 1. The third kappa shape index (κ3) is 13.7. The molecule has 3 unspecified atom stereocenters. The maximum absolute atomic E-state index is 14.2. The van der Waals surface area contributed by atoms with Crippen molar-refractivity contribution < 1.29 is 38.7 Å². The van der Waals surface area contributed by atoms with Crippen LogP contribution >= 0.6 is 0 Å². The molecule has 7 amide bonds. The highest BCUT2D eigenvalue weighted by atomic mass is 16.4. The number of carbonyl (C=O) groups excluding carboxylic acids is 6. The van der Waals surface area contributed by atoms with E-state index in [2.05, 4.69) is 36.9 Å². The predicted octanol–water partition coefficient (Wildman–Crippen LogP) is -0.480. The number of allylic oxidation sites excluding steroid dienone is 1. The van der Waals surface area contributed by atoms with E-state index in [0.29, 0.717) is 12.0 Å². The molecule has 0 aromatic heterocycles. The number of nitrogens with one attached hydrogen (secondary N) is 6. The zero-order valence-corrected chi connectivity index (χ0v) is 29.7. The van der Waals surface area contributed by atoms with Crippen molar-refractivity contribution in [3.8, 4) is 0 Å². The number of nitrogens with zero attached hydrogens (tertiary/aromatic N) is 2. The zero-order chi connectivity index (χ0) is 38.1. The Kier molecular flexibility index (Phi) is 17.1. The van der Waals surface area contributed by atoms with E-state index in [1.165, 1.54) is 21.0 Å². The molecule has 0 spiro atoms. The fourth-order valence-corrected chi connectivity index (χ4v) is 5.24. The first kappa shape index (κ1) is 41.7. The minimum Gasteiger partial charge on any atom is -0.481 e. The molecule has 1 heterocycles. The molecule has 1 aliphatic rings. The van der Waals surface area contributed by atoms with E-state index in [0.717, 1.165) is 4.90 Å². The number of hydrogen-bond acceptors (Lipinski definition) is 8. The summed E-state index contributed by atoms with van der Waals surface area (Å²) in [5.74, 6) is -5.95. The topological polar surface area (TPSA) is 254 Å². The number of likely N-dealkylation sites (N-methyl/N-ethyl adjacent to an activating group) is 1. The van der Waals surface area contributed by atoms with E-state index in [9.17, 15) is 38.7 Å². The molecule has 1 fully saturated rings. The van der Waals surface area contributed by atoms with Crippen LogP contribution in [0.2, 0.25) is 0 Å². The number of hydrogen-bond donors (Lipinski definition) is 8. The van der Waals surface area contributed by atoms with Crippen molar-refractivity contribution in [3.05, 3.63) is 48.0 Å². The molecule has 1 aromatic rings. The van der Waals surface area contributed by atoms with Crippen LogP contribution in [-0.2, 0) is 35.2 Å². The summed E-state index contributed by atoms with van der Waals surface area (Å²) < 4.78 is 0. The van der Waals surface area contributed by atoms with E-state index >= 15 is 0 Å². The number of amides is 7. The van der Waals surface area contributed by atoms with Gasteiger partial charge in [-0.1, -0.05) is 56.3 Å². The van der Waals surface area contributed by atoms with Crippen LogP contribution in [0.15, 0.2) is 47.5 Å². The highest BCUT2D eigenvalue weighted by molar-refractivity contribution is 5.97. The van der Waals surface area contributed by atoms with Crippen LogP contribution in [0.4, 0.5) is 4.79 Å². The van der Waals surface area contributed by atoms with Crippen LogP contribution in [0.5, 0.6) is 0 Å². The van der Waals surface area contributed by atoms with Gasteiger partial charge in [0.1, 0.15) is 24.2 Å². The molecular weight excluding hydrogens is 662 g/mol. The Morgan fingerprint density at radius 3 is 2.24 bits per heavy atom. The van der Waals surface area contributed by atoms with Crippen LogP contribution in [0.25, 0.3) is 0 Å². The van der Waals surface area contributed by atoms with Gasteiger partial charge in [-0.05, 0) is 38.2 Å². The van der Waals surface area contributed by atoms with Crippen LogP contribution in [0.3, 0.4) is 0 Å². The smallest absolute Gasteiger partial charge is 0.321 e. The van der Waals surface area contributed by atoms with E-state index in [1.54, 1.807) is 37.3 Å². The highest BCUT2D eigenvalue weighted by Crippen LogP contribution is 2.16. The van der Waals surface area contributed by atoms with Crippen LogP contribution < -0.4 is 37.6 Å². The summed E-state index contributed by atoms with van der Waals surface area (Å²) in [6, 6.07) is 2.30. The molecule has 17 heteroatoms. The Morgan fingerprint density at radius 2 is 1.61 bits per heavy atom. The van der Waals surface area contributed by atoms with Gasteiger partial charge in [-0.3, -0.25) is 39.1 Å². The maximum atomic E-state index is 14.2. The average Bonchev–Trinajstić information content (AvgIpc) is 3.09. The Balaban J connectivity index is 2.59. The Hall–Kier alpha value is -5.48. The molecule has 0 bridgehead atoms. The standard InChI is InChI=1S/C34H51N9O8/c1-6-7-9-15-23-20(2)28(46)40-24(16-12-17-37-33(35)42-34(51)36-4)32(50)43(5)26(18-22-13-10-8-11-14-22)31(49)41-25(19-27(44)45)30(48)38-21(3)29(47)39-23/h7-11,13-14,20-21,23-26H,6,12,15-19H2,1-5H3,(H,38,48)(H,39,47)(H,40,46)(H,41,49)(H,44,45)(H4,35,36,37,42,51)/b9-7+/t20?,21-,23?,24-,25-,26?/m0/s1. The summed E-state index contributed by atoms with van der Waals surface area (Å²) in [6.07, 6.45) is 4.13. The molecular formula is C34H51N9O8. The van der Waals surface area contributed by atoms with Crippen molar-refractivity contribution in [3.63, 3.8) is 0 Å². The lowest BCUT2D eigenvalue weighted by molar-refractivity contribution is -0.145. The van der Waals surface area contributed by atoms with Crippen LogP contribution in [0.1, 0.15) is 58.4 Å². The number of carbonyl (C=O) groups is 7. The second kappa shape index (κ2) is 20.9. The molecule has 0 aliphatic carbocycles. The second-order valence-corrected chi connectivity index (χ2v) is 12.2. The number of nitrogens with two attached hydrogens (primary N) is 1. The summed E-state index contributed by atoms with van der Waals surface area (Å²) in [6.45, 7) is 5.01. The minimum absolute atomic E-state index is 0.00989. The molecule has 1 saturated heterocycles. The first-order chi connectivity index (χ1) is 24.2. The number of carboxylic acid groups (broad SMARTS) is 1. The quantitative estimate of drug-likeness (QED) is 0.0637. The SMILES string of the molecule is CC/C=C/CC1NC(=O)[C@H](C)NC(=O)[C@H](CC(=O)O)NC(=O)C(Cc2ccccc2)N(C)C(=O)[C@H](CCCN=C(N)NC(=O)NC)NC(=O)C1C. The number of aliphatic carboxylic acids is 1. The van der Waals surface area contributed by atoms with Gasteiger partial charge in [0.25, 0.3) is 0 Å². The number of benzene rings is 1. The van der Waals surface area contributed by atoms with Gasteiger partial charge >= 0.3 is 12.0 Å². The molecule has 2 rings (SSSR count). The monoisotopic (exact) mass is 713 g/mol. The van der Waals surface area contributed by atoms with Crippen molar-refractivity contribution in [2.45, 2.75) is 89.5 Å². The lowest BCUT2D eigenvalue weighted by Gasteiger charge is -2.33. The van der Waals surface area contributed by atoms with Gasteiger partial charge in [-0.25, -0.2) is 4.79 Å². The second-order valence-electron chi connectivity index (χ2n) is 12.2. The van der Waals surface area contributed by atoms with Crippen molar-refractivity contribution in [1.29, 1.82) is 0 Å². The fourth-order valence-electron chi connectivity index (χ4n) is 5.24. The van der Waals surface area contributed by atoms with Gasteiger partial charge < -0.3 is 42.3 Å². The predicted molar refractivity (Wildman–Crippen MR) is 189 cm³/mol. The first-order valence-corrected chi connectivity index (χ1v) is 16.9. The van der Waals surface area contributed by atoms with Crippen molar-refractivity contribution in [1.82, 2.24) is 36.8 Å². The number of carboxylic acids is 1. The summed E-state index contributed by atoms with van der Waals surface area (Å²) in [5.41, 5.74) is 6.42. The zero-order valence-electron chi connectivity index (χ0n) is 29.7. The largest absolute Gasteiger partial charge is 0.481 e. The molecule has 0 radical (unpaired) electrons. The average molecular weight is 714 g/mol. The summed E-state index contributed by atoms with van der Waals surface area (Å²) in [7, 11) is 2.80. The lowest BCUT2D eigenvalue weighted by atomic mass is 9.95. The summed E-state index contributed by atoms with van der Waals surface area (Å²) >= 11 is 0. The molecule has 6 atom stereocenters. The Bertz CT molecular complexity index is 1450. The number of urea groups is 1. The highest BCUT2D eigenvalue weighted by Gasteiger charge is 2.37. The van der Waals surface area contributed by atoms with Crippen LogP contribution in [-0.4, -0.2) is 108 Å². The molecule has 0 saturated carbocycles. The van der Waals surface area contributed by atoms with Crippen molar-refractivity contribution in [2.75, 3.05) is 20.6 Å². The third-order valence-corrected chi connectivity index (χ3v) is 8.31. The first-order valence-electron chi connectivity index (χ1n) is 16.9. The maximum Gasteiger partial charge on any atom is 0.321 e. The minimum atomic E-state index is -1.58. The van der Waals surface area contributed by atoms with Gasteiger partial charge in [0.15, 0.2) is 5.96 Å². The van der Waals surface area contributed by atoms with Gasteiger partial charge in [0.2, 0.25) is 29.5 Å². The van der Waals surface area contributed by atoms with Gasteiger partial charge in [-0.15, -0.1) is 0 Å². The van der Waals surface area contributed by atoms with Crippen LogP contribution in [0, 0.1) is 5.92 Å². The molecule has 17 nitrogen and oxygen atoms in total. The summed E-state index contributed by atoms with van der Waals surface area (Å²) in [5, 5.41) is 24.8. The van der Waals surface area contributed by atoms with E-state index in [4.69, 9.17) is 5.73 Å². The fraction of sp³-hybridized carbons (Fsp3) is 0.529. The Morgan fingerprint density at radius 1 is 0.941 bits per heavy atom. The molecule has 9 N–H and O–H groups in total. The lowest BCUT2D eigenvalue weighted by Crippen LogP contribution is -2.60. The number of rotatable bonds is 11. The van der Waals surface area contributed by atoms with E-state index < -0.39 is 84.1 Å². The third-order valence-electron chi connectivity index (χ3n) is 8.31. The normalized spacial score (nSPS) is 24.3. The van der Waals surface area contributed by atoms with Crippen molar-refractivity contribution >= 4 is 47.5 Å². The van der Waals surface area contributed by atoms with Gasteiger partial charge in [-0.2, -0.15) is 0 Å². The summed E-state index contributed by atoms with van der Waals surface area (Å²) in [4.78, 5) is 97.0. The molecule has 1 aromatic carbocycles. The molecule has 1 aliphatic heterocycles. The van der Waals surface area contributed by atoms with Gasteiger partial charge in [0.05, 0.1) is 12.3 Å². The van der Waals surface area contributed by atoms with E-state index in [-0.39, 0.29) is 38.2 Å². The number of guanidine groups is 1. The van der Waals surface area contributed by atoms with Gasteiger partial charge in [0, 0.05) is 33.1 Å². The van der Waals surface area contributed by atoms with Crippen molar-refractivity contribution in [2.24, 2.45) is 16.6 Å². The Labute approximate surface area is 297 Å².